The number of nitrogens with zero attached hydrogens (tertiary/aromatic N) is 1. The van der Waals surface area contributed by atoms with Crippen LogP contribution in [-0.2, 0) is 4.79 Å². The van der Waals surface area contributed by atoms with E-state index >= 15 is 0 Å². The molecule has 2 saturated carbocycles. The van der Waals surface area contributed by atoms with Crippen LogP contribution >= 0.6 is 0 Å². The number of carboxylic acids is 1. The summed E-state index contributed by atoms with van der Waals surface area (Å²) in [5, 5.41) is 9.61. The van der Waals surface area contributed by atoms with Crippen molar-refractivity contribution in [2.75, 3.05) is 13.1 Å². The molecule has 108 valence electrons. The molecule has 0 aromatic heterocycles. The summed E-state index contributed by atoms with van der Waals surface area (Å²) < 4.78 is 0. The lowest BCUT2D eigenvalue weighted by molar-refractivity contribution is -0.163. The van der Waals surface area contributed by atoms with E-state index in [4.69, 9.17) is 0 Å². The number of hydrogen-bond acceptors (Lipinski definition) is 2. The van der Waals surface area contributed by atoms with Gasteiger partial charge in [0.2, 0.25) is 0 Å². The van der Waals surface area contributed by atoms with Crippen molar-refractivity contribution in [2.45, 2.75) is 70.8 Å². The summed E-state index contributed by atoms with van der Waals surface area (Å²) in [6, 6.07) is 0.284. The smallest absolute Gasteiger partial charge is 0.310 e. The molecule has 1 spiro atoms. The van der Waals surface area contributed by atoms with Crippen LogP contribution in [0.5, 0.6) is 0 Å². The largest absolute Gasteiger partial charge is 0.481 e. The Hall–Kier alpha value is -0.570. The van der Waals surface area contributed by atoms with E-state index in [9.17, 15) is 9.90 Å². The van der Waals surface area contributed by atoms with E-state index in [2.05, 4.69) is 4.90 Å². The molecule has 3 heteroatoms. The lowest BCUT2D eigenvalue weighted by atomic mass is 9.64. The third-order valence-corrected chi connectivity index (χ3v) is 6.08. The topological polar surface area (TPSA) is 40.5 Å². The summed E-state index contributed by atoms with van der Waals surface area (Å²) in [5.74, 6) is -0.582. The summed E-state index contributed by atoms with van der Waals surface area (Å²) in [4.78, 5) is 14.2. The van der Waals surface area contributed by atoms with E-state index in [-0.39, 0.29) is 6.04 Å². The van der Waals surface area contributed by atoms with Gasteiger partial charge in [0.1, 0.15) is 0 Å². The fourth-order valence-corrected chi connectivity index (χ4v) is 4.80. The third-order valence-electron chi connectivity index (χ3n) is 6.08. The molecule has 2 aliphatic carbocycles. The van der Waals surface area contributed by atoms with Crippen LogP contribution in [0.1, 0.15) is 64.7 Å². The molecular weight excluding hydrogens is 238 g/mol. The molecular formula is C16H27NO2. The monoisotopic (exact) mass is 265 g/mol. The van der Waals surface area contributed by atoms with Gasteiger partial charge >= 0.3 is 5.97 Å². The zero-order chi connectivity index (χ0) is 13.5. The highest BCUT2D eigenvalue weighted by atomic mass is 16.4. The molecule has 0 radical (unpaired) electrons. The van der Waals surface area contributed by atoms with Crippen molar-refractivity contribution < 1.29 is 9.90 Å². The van der Waals surface area contributed by atoms with Crippen LogP contribution in [-0.4, -0.2) is 35.1 Å². The maximum Gasteiger partial charge on any atom is 0.310 e. The maximum absolute atomic E-state index is 11.7. The van der Waals surface area contributed by atoms with Gasteiger partial charge in [0.05, 0.1) is 5.41 Å². The number of carbonyl (C=O) groups is 1. The zero-order valence-electron chi connectivity index (χ0n) is 12.2. The second kappa shape index (κ2) is 4.76. The molecule has 1 aliphatic heterocycles. The molecule has 1 heterocycles. The van der Waals surface area contributed by atoms with Gasteiger partial charge < -0.3 is 5.11 Å². The minimum Gasteiger partial charge on any atom is -0.481 e. The van der Waals surface area contributed by atoms with Gasteiger partial charge in [-0.05, 0) is 38.0 Å². The van der Waals surface area contributed by atoms with E-state index in [1.165, 1.54) is 51.6 Å². The maximum atomic E-state index is 11.7. The Labute approximate surface area is 116 Å². The van der Waals surface area contributed by atoms with Crippen molar-refractivity contribution >= 4 is 5.97 Å². The van der Waals surface area contributed by atoms with Gasteiger partial charge in [-0.15, -0.1) is 0 Å². The van der Waals surface area contributed by atoms with Crippen molar-refractivity contribution in [3.63, 3.8) is 0 Å². The van der Waals surface area contributed by atoms with Crippen molar-refractivity contribution in [1.82, 2.24) is 4.90 Å². The predicted octanol–water partition coefficient (Wildman–Crippen LogP) is 3.29. The molecule has 0 bridgehead atoms. The first-order valence-corrected chi connectivity index (χ1v) is 8.03. The molecule has 2 unspecified atom stereocenters. The lowest BCUT2D eigenvalue weighted by Crippen LogP contribution is -2.65. The van der Waals surface area contributed by atoms with E-state index in [0.717, 1.165) is 19.3 Å². The minimum atomic E-state index is -0.582. The standard InChI is InChI=1S/C16H27NO2/c1-15(14(18)19)8-6-3-7-13(15)17-11-16(12-17)9-4-2-5-10-16/h13H,2-12H2,1H3,(H,18,19). The van der Waals surface area contributed by atoms with Gasteiger partial charge in [-0.25, -0.2) is 0 Å². The van der Waals surface area contributed by atoms with Crippen LogP contribution < -0.4 is 0 Å². The third kappa shape index (κ3) is 2.20. The lowest BCUT2D eigenvalue weighted by Gasteiger charge is -2.58. The van der Waals surface area contributed by atoms with Crippen LogP contribution in [0.15, 0.2) is 0 Å². The molecule has 1 saturated heterocycles. The van der Waals surface area contributed by atoms with Crippen LogP contribution in [0.25, 0.3) is 0 Å². The Kier molecular flexibility index (Phi) is 3.36. The van der Waals surface area contributed by atoms with Crippen molar-refractivity contribution in [3.8, 4) is 0 Å². The summed E-state index contributed by atoms with van der Waals surface area (Å²) in [6.45, 7) is 4.31. The van der Waals surface area contributed by atoms with E-state index in [1.54, 1.807) is 0 Å². The van der Waals surface area contributed by atoms with Crippen molar-refractivity contribution in [3.05, 3.63) is 0 Å². The highest BCUT2D eigenvalue weighted by molar-refractivity contribution is 5.75. The average Bonchev–Trinajstić information content (AvgIpc) is 2.37. The summed E-state index contributed by atoms with van der Waals surface area (Å²) >= 11 is 0. The van der Waals surface area contributed by atoms with Gasteiger partial charge in [0.25, 0.3) is 0 Å². The molecule has 3 aliphatic rings. The number of rotatable bonds is 2. The van der Waals surface area contributed by atoms with Crippen LogP contribution in [0, 0.1) is 10.8 Å². The summed E-state index contributed by atoms with van der Waals surface area (Å²) in [6.07, 6.45) is 11.1. The fourth-order valence-electron chi connectivity index (χ4n) is 4.80. The molecule has 3 nitrogen and oxygen atoms in total. The molecule has 3 fully saturated rings. The van der Waals surface area contributed by atoms with Crippen LogP contribution in [0.4, 0.5) is 0 Å². The van der Waals surface area contributed by atoms with Gasteiger partial charge in [-0.3, -0.25) is 9.69 Å². The Morgan fingerprint density at radius 3 is 2.32 bits per heavy atom. The van der Waals surface area contributed by atoms with Crippen LogP contribution in [0.2, 0.25) is 0 Å². The number of hydrogen-bond donors (Lipinski definition) is 1. The van der Waals surface area contributed by atoms with Gasteiger partial charge in [-0.1, -0.05) is 32.1 Å². The van der Waals surface area contributed by atoms with E-state index < -0.39 is 11.4 Å². The van der Waals surface area contributed by atoms with Gasteiger partial charge in [0, 0.05) is 19.1 Å². The Morgan fingerprint density at radius 1 is 1.05 bits per heavy atom. The molecule has 1 N–H and O–H groups in total. The molecule has 0 aromatic carbocycles. The normalized spacial score (nSPS) is 38.9. The quantitative estimate of drug-likeness (QED) is 0.833. The number of aliphatic carboxylic acids is 1. The fraction of sp³-hybridized carbons (Fsp3) is 0.938. The molecule has 3 rings (SSSR count). The minimum absolute atomic E-state index is 0.284. The first kappa shape index (κ1) is 13.4. The highest BCUT2D eigenvalue weighted by Gasteiger charge is 2.52. The number of likely N-dealkylation sites (tertiary alicyclic amines) is 1. The Balaban J connectivity index is 1.67. The second-order valence-electron chi connectivity index (χ2n) is 7.45. The predicted molar refractivity (Wildman–Crippen MR) is 75.1 cm³/mol. The van der Waals surface area contributed by atoms with E-state index in [1.807, 2.05) is 6.92 Å². The number of carboxylic acid groups (broad SMARTS) is 1. The van der Waals surface area contributed by atoms with Gasteiger partial charge in [0.15, 0.2) is 0 Å². The molecule has 2 atom stereocenters. The molecule has 0 aromatic rings. The SMILES string of the molecule is CC1(C(=O)O)CCCCC1N1CC2(CCCCC2)C1. The highest BCUT2D eigenvalue weighted by Crippen LogP contribution is 2.49. The summed E-state index contributed by atoms with van der Waals surface area (Å²) in [5.41, 5.74) is 0.0592. The van der Waals surface area contributed by atoms with Crippen molar-refractivity contribution in [2.24, 2.45) is 10.8 Å². The summed E-state index contributed by atoms with van der Waals surface area (Å²) in [7, 11) is 0. The van der Waals surface area contributed by atoms with Gasteiger partial charge in [-0.2, -0.15) is 0 Å². The zero-order valence-corrected chi connectivity index (χ0v) is 12.2. The first-order valence-electron chi connectivity index (χ1n) is 8.03. The average molecular weight is 265 g/mol. The Morgan fingerprint density at radius 2 is 1.68 bits per heavy atom. The first-order chi connectivity index (χ1) is 9.06. The van der Waals surface area contributed by atoms with Crippen molar-refractivity contribution in [1.29, 1.82) is 0 Å². The molecule has 19 heavy (non-hydrogen) atoms. The molecule has 0 amide bonds. The second-order valence-corrected chi connectivity index (χ2v) is 7.45. The van der Waals surface area contributed by atoms with E-state index in [0.29, 0.717) is 5.41 Å². The van der Waals surface area contributed by atoms with Crippen LogP contribution in [0.3, 0.4) is 0 Å². The Bertz CT molecular complexity index is 354.